The van der Waals surface area contributed by atoms with Crippen molar-refractivity contribution < 1.29 is 24.5 Å². The van der Waals surface area contributed by atoms with Gasteiger partial charge in [0.05, 0.1) is 25.4 Å². The van der Waals surface area contributed by atoms with Crippen molar-refractivity contribution in [3.05, 3.63) is 12.2 Å². The Hall–Kier alpha value is -1.40. The number of hydrogen-bond acceptors (Lipinski definition) is 5. The zero-order valence-corrected chi connectivity index (χ0v) is 61.7. The Morgan fingerprint density at radius 2 is 0.511 bits per heavy atom. The number of ether oxygens (including phenoxy) is 1. The van der Waals surface area contributed by atoms with E-state index >= 15 is 0 Å². The lowest BCUT2D eigenvalue weighted by Crippen LogP contribution is -2.45. The van der Waals surface area contributed by atoms with Crippen LogP contribution < -0.4 is 5.32 Å². The van der Waals surface area contributed by atoms with Crippen LogP contribution in [0.25, 0.3) is 0 Å². The van der Waals surface area contributed by atoms with Crippen molar-refractivity contribution in [2.45, 2.75) is 501 Å². The highest BCUT2D eigenvalue weighted by Crippen LogP contribution is 2.21. The summed E-state index contributed by atoms with van der Waals surface area (Å²) in [4.78, 5) is 24.6. The third kappa shape index (κ3) is 75.6. The number of amides is 1. The number of aliphatic hydroxyl groups is 2. The summed E-state index contributed by atoms with van der Waals surface area (Å²) in [6, 6.07) is -0.625. The number of rotatable bonds is 80. The Morgan fingerprint density at radius 1 is 0.300 bits per heavy atom. The molecule has 90 heavy (non-hydrogen) atoms. The van der Waals surface area contributed by atoms with Gasteiger partial charge in [0, 0.05) is 12.8 Å². The summed E-state index contributed by atoms with van der Waals surface area (Å²) in [5.41, 5.74) is 0. The second-order valence-electron chi connectivity index (χ2n) is 29.2. The Balaban J connectivity index is 3.33. The molecule has 2 atom stereocenters. The van der Waals surface area contributed by atoms with E-state index in [9.17, 15) is 19.8 Å². The van der Waals surface area contributed by atoms with Gasteiger partial charge in [0.2, 0.25) is 5.91 Å². The monoisotopic (exact) mass is 1270 g/mol. The third-order valence-corrected chi connectivity index (χ3v) is 20.1. The van der Waals surface area contributed by atoms with Crippen LogP contribution in [0.5, 0.6) is 0 Å². The number of allylic oxidation sites excluding steroid dienone is 1. The minimum atomic E-state index is -0.842. The number of aliphatic hydroxyl groups excluding tert-OH is 2. The summed E-state index contributed by atoms with van der Waals surface area (Å²) in [6.07, 6.45) is 102. The van der Waals surface area contributed by atoms with Crippen LogP contribution in [0.1, 0.15) is 489 Å². The number of esters is 1. The lowest BCUT2D eigenvalue weighted by molar-refractivity contribution is -0.143. The lowest BCUT2D eigenvalue weighted by Gasteiger charge is -2.20. The normalized spacial score (nSPS) is 12.4. The van der Waals surface area contributed by atoms with Crippen LogP contribution >= 0.6 is 0 Å². The van der Waals surface area contributed by atoms with Crippen molar-refractivity contribution in [2.24, 2.45) is 0 Å². The fourth-order valence-corrected chi connectivity index (χ4v) is 13.7. The Kier molecular flexibility index (Phi) is 78.8. The maximum absolute atomic E-state index is 12.6. The van der Waals surface area contributed by atoms with Gasteiger partial charge < -0.3 is 20.3 Å². The van der Waals surface area contributed by atoms with Gasteiger partial charge in [-0.3, -0.25) is 9.59 Å². The minimum Gasteiger partial charge on any atom is -0.466 e. The van der Waals surface area contributed by atoms with Crippen molar-refractivity contribution in [1.29, 1.82) is 0 Å². The van der Waals surface area contributed by atoms with Crippen molar-refractivity contribution in [2.75, 3.05) is 13.2 Å². The molecule has 0 spiro atoms. The molecule has 0 heterocycles. The molecule has 0 aliphatic heterocycles. The SMILES string of the molecule is CCCCCCCCCCCCCCCCCCCCCCCCC/C=C/C(O)C(CO)NC(=O)CCCCCCCCCCCCCCCCCCCCCCCCCCCCCCCCCCCCCOC(=O)CCCCCCCCCCCCCCC. The van der Waals surface area contributed by atoms with Gasteiger partial charge in [-0.25, -0.2) is 0 Å². The van der Waals surface area contributed by atoms with Crippen LogP contribution in [0.3, 0.4) is 0 Å². The number of carbonyl (C=O) groups excluding carboxylic acids is 2. The summed E-state index contributed by atoms with van der Waals surface area (Å²) in [5.74, 6) is -0.0312. The molecule has 0 aliphatic carbocycles. The van der Waals surface area contributed by atoms with Gasteiger partial charge in [-0.15, -0.1) is 0 Å². The molecule has 0 saturated carbocycles. The van der Waals surface area contributed by atoms with Crippen LogP contribution in [-0.4, -0.2) is 47.4 Å². The third-order valence-electron chi connectivity index (χ3n) is 20.1. The van der Waals surface area contributed by atoms with E-state index in [-0.39, 0.29) is 18.5 Å². The van der Waals surface area contributed by atoms with Crippen LogP contribution in [0, 0.1) is 0 Å². The lowest BCUT2D eigenvalue weighted by atomic mass is 10.0. The fourth-order valence-electron chi connectivity index (χ4n) is 13.7. The summed E-state index contributed by atoms with van der Waals surface area (Å²) in [5, 5.41) is 23.3. The van der Waals surface area contributed by atoms with Crippen molar-refractivity contribution in [3.8, 4) is 0 Å². The molecule has 0 fully saturated rings. The predicted octanol–water partition coefficient (Wildman–Crippen LogP) is 27.8. The Bertz CT molecular complexity index is 1370. The van der Waals surface area contributed by atoms with E-state index in [2.05, 4.69) is 19.2 Å². The topological polar surface area (TPSA) is 95.9 Å². The first-order valence-corrected chi connectivity index (χ1v) is 42.0. The van der Waals surface area contributed by atoms with Crippen molar-refractivity contribution >= 4 is 11.9 Å². The molecule has 6 nitrogen and oxygen atoms in total. The highest BCUT2D eigenvalue weighted by atomic mass is 16.5. The van der Waals surface area contributed by atoms with E-state index in [1.165, 1.54) is 424 Å². The maximum Gasteiger partial charge on any atom is 0.305 e. The summed E-state index contributed by atoms with van der Waals surface area (Å²) in [6.45, 7) is 4.97. The van der Waals surface area contributed by atoms with Crippen LogP contribution in [-0.2, 0) is 14.3 Å². The molecule has 0 aromatic rings. The molecule has 2 unspecified atom stereocenters. The number of hydrogen-bond donors (Lipinski definition) is 3. The zero-order chi connectivity index (χ0) is 64.9. The first kappa shape index (κ1) is 88.6. The van der Waals surface area contributed by atoms with Gasteiger partial charge in [0.25, 0.3) is 0 Å². The molecule has 0 aliphatic rings. The van der Waals surface area contributed by atoms with Gasteiger partial charge in [0.1, 0.15) is 0 Å². The van der Waals surface area contributed by atoms with Crippen LogP contribution in [0.4, 0.5) is 0 Å². The standard InChI is InChI=1S/C84H165NO5/c1-3-5-7-9-11-13-15-17-18-19-20-21-22-34-37-40-43-46-49-53-56-60-64-68-72-76-82(87)81(80-86)85-83(88)77-73-69-65-61-57-54-50-47-44-41-38-35-32-30-28-26-24-23-25-27-29-31-33-36-39-42-45-48-51-55-59-63-67-71-75-79-90-84(89)78-74-70-66-62-58-52-16-14-12-10-8-6-4-2/h72,76,81-82,86-87H,3-71,73-75,77-80H2,1-2H3,(H,85,88)/b76-72+. The number of unbranched alkanes of at least 4 members (excludes halogenated alkanes) is 69. The molecule has 0 radical (unpaired) electrons. The average Bonchev–Trinajstić information content (AvgIpc) is 3.70. The number of nitrogens with one attached hydrogen (secondary N) is 1. The van der Waals surface area contributed by atoms with E-state index < -0.39 is 12.1 Å². The van der Waals surface area contributed by atoms with E-state index in [4.69, 9.17) is 4.74 Å². The minimum absolute atomic E-state index is 0.0252. The van der Waals surface area contributed by atoms with E-state index in [0.29, 0.717) is 19.4 Å². The zero-order valence-electron chi connectivity index (χ0n) is 61.7. The van der Waals surface area contributed by atoms with Crippen molar-refractivity contribution in [1.82, 2.24) is 5.32 Å². The Morgan fingerprint density at radius 3 is 0.756 bits per heavy atom. The first-order chi connectivity index (χ1) is 44.5. The molecule has 0 aromatic carbocycles. The highest BCUT2D eigenvalue weighted by Gasteiger charge is 2.18. The van der Waals surface area contributed by atoms with Gasteiger partial charge in [-0.1, -0.05) is 456 Å². The molecule has 0 rings (SSSR count). The smallest absolute Gasteiger partial charge is 0.305 e. The molecular formula is C84H165NO5. The van der Waals surface area contributed by atoms with Gasteiger partial charge in [-0.05, 0) is 32.1 Å². The van der Waals surface area contributed by atoms with Gasteiger partial charge >= 0.3 is 5.97 Å². The Labute approximate surface area is 565 Å². The predicted molar refractivity (Wildman–Crippen MR) is 398 cm³/mol. The van der Waals surface area contributed by atoms with E-state index in [1.54, 1.807) is 6.08 Å². The first-order valence-electron chi connectivity index (χ1n) is 42.0. The highest BCUT2D eigenvalue weighted by molar-refractivity contribution is 5.76. The second-order valence-corrected chi connectivity index (χ2v) is 29.2. The quantitative estimate of drug-likeness (QED) is 0.0320. The largest absolute Gasteiger partial charge is 0.466 e. The van der Waals surface area contributed by atoms with Crippen LogP contribution in [0.15, 0.2) is 12.2 Å². The van der Waals surface area contributed by atoms with Gasteiger partial charge in [0.15, 0.2) is 0 Å². The molecule has 0 aromatic heterocycles. The van der Waals surface area contributed by atoms with E-state index in [1.807, 2.05) is 6.08 Å². The fraction of sp³-hybridized carbons (Fsp3) is 0.952. The van der Waals surface area contributed by atoms with Gasteiger partial charge in [-0.2, -0.15) is 0 Å². The molecule has 1 amide bonds. The molecule has 6 heteroatoms. The second kappa shape index (κ2) is 80.0. The molecule has 536 valence electrons. The molecule has 3 N–H and O–H groups in total. The van der Waals surface area contributed by atoms with Crippen molar-refractivity contribution in [3.63, 3.8) is 0 Å². The maximum atomic E-state index is 12.6. The average molecular weight is 1270 g/mol. The summed E-state index contributed by atoms with van der Waals surface area (Å²) in [7, 11) is 0. The van der Waals surface area contributed by atoms with E-state index in [0.717, 1.165) is 38.5 Å². The molecule has 0 saturated heterocycles. The van der Waals surface area contributed by atoms with Crippen LogP contribution in [0.2, 0.25) is 0 Å². The number of carbonyl (C=O) groups is 2. The summed E-state index contributed by atoms with van der Waals surface area (Å²) < 4.78 is 5.50. The summed E-state index contributed by atoms with van der Waals surface area (Å²) >= 11 is 0. The molecular weight excluding hydrogens is 1100 g/mol. The molecule has 0 bridgehead atoms.